The fourth-order valence-electron chi connectivity index (χ4n) is 1.90. The van der Waals surface area contributed by atoms with Crippen LogP contribution in [0.5, 0.6) is 0 Å². The minimum absolute atomic E-state index is 0.692. The molecule has 0 aliphatic rings. The van der Waals surface area contributed by atoms with Crippen molar-refractivity contribution in [2.75, 3.05) is 20.3 Å². The fraction of sp³-hybridized carbons (Fsp3) is 0.429. The van der Waals surface area contributed by atoms with E-state index in [0.29, 0.717) is 11.6 Å². The Morgan fingerprint density at radius 3 is 2.70 bits per heavy atom. The topological polar surface area (TPSA) is 52.0 Å². The fourth-order valence-corrected chi connectivity index (χ4v) is 2.02. The molecule has 5 nitrogen and oxygen atoms in total. The lowest BCUT2D eigenvalue weighted by Crippen LogP contribution is -2.18. The lowest BCUT2D eigenvalue weighted by Gasteiger charge is -2.06. The smallest absolute Gasteiger partial charge is 0.153 e. The van der Waals surface area contributed by atoms with E-state index < -0.39 is 0 Å². The Labute approximate surface area is 123 Å². The number of pyridine rings is 1. The number of ether oxygens (including phenoxy) is 1. The summed E-state index contributed by atoms with van der Waals surface area (Å²) in [7, 11) is 1.69. The molecule has 2 heterocycles. The molecule has 0 aliphatic heterocycles. The van der Waals surface area contributed by atoms with Gasteiger partial charge in [0.25, 0.3) is 0 Å². The highest BCUT2D eigenvalue weighted by Gasteiger charge is 2.11. The zero-order chi connectivity index (χ0) is 14.5. The predicted molar refractivity (Wildman–Crippen MR) is 79.4 cm³/mol. The molecule has 20 heavy (non-hydrogen) atoms. The van der Waals surface area contributed by atoms with E-state index in [9.17, 15) is 0 Å². The van der Waals surface area contributed by atoms with Crippen LogP contribution < -0.4 is 5.32 Å². The van der Waals surface area contributed by atoms with E-state index >= 15 is 0 Å². The molecule has 0 spiro atoms. The van der Waals surface area contributed by atoms with Crippen molar-refractivity contribution in [1.82, 2.24) is 20.1 Å². The van der Waals surface area contributed by atoms with E-state index in [-0.39, 0.29) is 0 Å². The summed E-state index contributed by atoms with van der Waals surface area (Å²) >= 11 is 6.14. The number of nitrogens with zero attached hydrogens (tertiary/aromatic N) is 3. The van der Waals surface area contributed by atoms with Gasteiger partial charge >= 0.3 is 0 Å². The molecule has 0 radical (unpaired) electrons. The molecule has 0 saturated carbocycles. The molecule has 0 amide bonds. The van der Waals surface area contributed by atoms with Gasteiger partial charge in [-0.15, -0.1) is 0 Å². The van der Waals surface area contributed by atoms with Crippen LogP contribution in [-0.2, 0) is 11.3 Å². The largest absolute Gasteiger partial charge is 0.383 e. The molecule has 0 aliphatic carbocycles. The molecular formula is C14H19ClN4O. The normalized spacial score (nSPS) is 11.0. The van der Waals surface area contributed by atoms with Gasteiger partial charge in [0.1, 0.15) is 0 Å². The van der Waals surface area contributed by atoms with E-state index in [2.05, 4.69) is 15.4 Å². The number of nitrogens with one attached hydrogen (secondary N) is 1. The van der Waals surface area contributed by atoms with Gasteiger partial charge in [-0.3, -0.25) is 0 Å². The second kappa shape index (κ2) is 6.83. The zero-order valence-corrected chi connectivity index (χ0v) is 12.7. The highest BCUT2D eigenvalue weighted by Crippen LogP contribution is 2.21. The van der Waals surface area contributed by atoms with Crippen LogP contribution in [0.4, 0.5) is 0 Å². The van der Waals surface area contributed by atoms with Gasteiger partial charge in [-0.05, 0) is 25.5 Å². The van der Waals surface area contributed by atoms with Crippen LogP contribution in [0.3, 0.4) is 0 Å². The first-order chi connectivity index (χ1) is 9.63. The Bertz CT molecular complexity index is 565. The van der Waals surface area contributed by atoms with E-state index in [4.69, 9.17) is 16.3 Å². The maximum atomic E-state index is 6.14. The van der Waals surface area contributed by atoms with Gasteiger partial charge in [0.2, 0.25) is 0 Å². The highest BCUT2D eigenvalue weighted by atomic mass is 35.5. The first-order valence-electron chi connectivity index (χ1n) is 6.50. The first kappa shape index (κ1) is 15.0. The van der Waals surface area contributed by atoms with Crippen LogP contribution >= 0.6 is 11.6 Å². The molecule has 1 N–H and O–H groups in total. The number of aryl methyl sites for hydroxylation is 1. The lowest BCUT2D eigenvalue weighted by molar-refractivity contribution is 0.199. The number of methoxy groups -OCH3 is 1. The average Bonchev–Trinajstić information content (AvgIpc) is 2.72. The molecule has 2 aromatic heterocycles. The summed E-state index contributed by atoms with van der Waals surface area (Å²) in [6.45, 7) is 6.12. The van der Waals surface area contributed by atoms with Crippen molar-refractivity contribution in [2.45, 2.75) is 20.4 Å². The third-order valence-corrected chi connectivity index (χ3v) is 3.59. The summed E-state index contributed by atoms with van der Waals surface area (Å²) in [6.07, 6.45) is 1.85. The molecule has 0 atom stereocenters. The quantitative estimate of drug-likeness (QED) is 0.831. The number of rotatable bonds is 6. The molecule has 0 aromatic carbocycles. The number of aromatic nitrogens is 3. The Morgan fingerprint density at radius 2 is 2.15 bits per heavy atom. The zero-order valence-electron chi connectivity index (χ0n) is 12.0. The molecule has 0 bridgehead atoms. The van der Waals surface area contributed by atoms with Gasteiger partial charge in [0, 0.05) is 26.4 Å². The second-order valence-corrected chi connectivity index (χ2v) is 4.97. The minimum atomic E-state index is 0.692. The van der Waals surface area contributed by atoms with E-state index in [1.54, 1.807) is 11.8 Å². The standard InChI is InChI=1S/C14H19ClN4O/c1-10-14(15)11(2)19(18-10)13-5-4-12(9-17-13)8-16-6-7-20-3/h4-5,9,16H,6-8H2,1-3H3. The third-order valence-electron chi connectivity index (χ3n) is 3.04. The highest BCUT2D eigenvalue weighted by molar-refractivity contribution is 6.31. The number of halogens is 1. The Morgan fingerprint density at radius 1 is 1.35 bits per heavy atom. The number of hydrogen-bond acceptors (Lipinski definition) is 4. The van der Waals surface area contributed by atoms with Crippen LogP contribution in [-0.4, -0.2) is 35.0 Å². The maximum Gasteiger partial charge on any atom is 0.153 e. The summed E-state index contributed by atoms with van der Waals surface area (Å²) < 4.78 is 6.74. The van der Waals surface area contributed by atoms with Crippen molar-refractivity contribution >= 4 is 11.6 Å². The predicted octanol–water partition coefficient (Wildman–Crippen LogP) is 2.27. The van der Waals surface area contributed by atoms with E-state index in [1.165, 1.54) is 0 Å². The first-order valence-corrected chi connectivity index (χ1v) is 6.88. The summed E-state index contributed by atoms with van der Waals surface area (Å²) in [4.78, 5) is 4.43. The SMILES string of the molecule is COCCNCc1ccc(-n2nc(C)c(Cl)c2C)nc1. The van der Waals surface area contributed by atoms with Crippen molar-refractivity contribution in [3.63, 3.8) is 0 Å². The monoisotopic (exact) mass is 294 g/mol. The van der Waals surface area contributed by atoms with Gasteiger partial charge in [0.15, 0.2) is 5.82 Å². The summed E-state index contributed by atoms with van der Waals surface area (Å²) in [5.74, 6) is 0.776. The molecule has 0 saturated heterocycles. The molecule has 0 unspecified atom stereocenters. The maximum absolute atomic E-state index is 6.14. The van der Waals surface area contributed by atoms with Crippen LogP contribution in [0.15, 0.2) is 18.3 Å². The third kappa shape index (κ3) is 3.36. The van der Waals surface area contributed by atoms with Crippen LogP contribution in [0.1, 0.15) is 17.0 Å². The van der Waals surface area contributed by atoms with Gasteiger partial charge in [0.05, 0.1) is 23.0 Å². The van der Waals surface area contributed by atoms with E-state index in [1.807, 2.05) is 32.2 Å². The molecular weight excluding hydrogens is 276 g/mol. The Kier molecular flexibility index (Phi) is 5.11. The van der Waals surface area contributed by atoms with Crippen molar-refractivity contribution in [2.24, 2.45) is 0 Å². The Hall–Kier alpha value is -1.43. The summed E-state index contributed by atoms with van der Waals surface area (Å²) in [5.41, 5.74) is 2.84. The Balaban J connectivity index is 2.06. The van der Waals surface area contributed by atoms with Gasteiger partial charge in [-0.25, -0.2) is 9.67 Å². The van der Waals surface area contributed by atoms with Crippen molar-refractivity contribution < 1.29 is 4.74 Å². The van der Waals surface area contributed by atoms with E-state index in [0.717, 1.165) is 35.9 Å². The van der Waals surface area contributed by atoms with Crippen LogP contribution in [0, 0.1) is 13.8 Å². The van der Waals surface area contributed by atoms with Crippen molar-refractivity contribution in [3.05, 3.63) is 40.3 Å². The van der Waals surface area contributed by atoms with Gasteiger partial charge < -0.3 is 10.1 Å². The van der Waals surface area contributed by atoms with Gasteiger partial charge in [-0.2, -0.15) is 5.10 Å². The van der Waals surface area contributed by atoms with Crippen LogP contribution in [0.25, 0.3) is 5.82 Å². The molecule has 2 rings (SSSR count). The summed E-state index contributed by atoms with van der Waals surface area (Å²) in [5, 5.41) is 8.36. The van der Waals surface area contributed by atoms with Crippen molar-refractivity contribution in [1.29, 1.82) is 0 Å². The molecule has 108 valence electrons. The molecule has 0 fully saturated rings. The second-order valence-electron chi connectivity index (χ2n) is 4.59. The molecule has 6 heteroatoms. The summed E-state index contributed by atoms with van der Waals surface area (Å²) in [6, 6.07) is 3.98. The average molecular weight is 295 g/mol. The van der Waals surface area contributed by atoms with Crippen LogP contribution in [0.2, 0.25) is 5.02 Å². The molecule has 2 aromatic rings. The minimum Gasteiger partial charge on any atom is -0.383 e. The lowest BCUT2D eigenvalue weighted by atomic mass is 10.3. The van der Waals surface area contributed by atoms with Gasteiger partial charge in [-0.1, -0.05) is 17.7 Å². The van der Waals surface area contributed by atoms with Crippen molar-refractivity contribution in [3.8, 4) is 5.82 Å². The number of hydrogen-bond donors (Lipinski definition) is 1.